The summed E-state index contributed by atoms with van der Waals surface area (Å²) in [4.78, 5) is 12.1. The molecule has 0 aliphatic carbocycles. The molecule has 0 aromatic heterocycles. The van der Waals surface area contributed by atoms with Crippen molar-refractivity contribution < 1.29 is 19.4 Å². The smallest absolute Gasteiger partial charge is 0.185 e. The lowest BCUT2D eigenvalue weighted by Crippen LogP contribution is -2.07. The van der Waals surface area contributed by atoms with Crippen molar-refractivity contribution in [2.24, 2.45) is 0 Å². The van der Waals surface area contributed by atoms with Gasteiger partial charge in [-0.05, 0) is 61.9 Å². The number of halogens is 1. The molecule has 0 bridgehead atoms. The molecule has 0 aliphatic rings. The summed E-state index contributed by atoms with van der Waals surface area (Å²) in [6.45, 7) is 3.81. The highest BCUT2D eigenvalue weighted by Gasteiger charge is 2.13. The van der Waals surface area contributed by atoms with Crippen LogP contribution in [0, 0.1) is 0 Å². The van der Waals surface area contributed by atoms with Crippen LogP contribution in [-0.4, -0.2) is 24.1 Å². The maximum absolute atomic E-state index is 12.1. The Morgan fingerprint density at radius 1 is 1.21 bits per heavy atom. The molecule has 0 radical (unpaired) electrons. The number of carbonyl (C=O) groups excluding carboxylic acids is 1. The van der Waals surface area contributed by atoms with Crippen LogP contribution in [0.2, 0.25) is 5.02 Å². The van der Waals surface area contributed by atoms with E-state index in [9.17, 15) is 9.90 Å². The van der Waals surface area contributed by atoms with Crippen molar-refractivity contribution >= 4 is 23.5 Å². The molecule has 24 heavy (non-hydrogen) atoms. The van der Waals surface area contributed by atoms with Gasteiger partial charge in [0.1, 0.15) is 5.75 Å². The van der Waals surface area contributed by atoms with Crippen LogP contribution in [0.1, 0.15) is 29.8 Å². The number of phenolic OH excluding ortho intramolecular Hbond substituents is 1. The normalized spacial score (nSPS) is 11.0. The minimum Gasteiger partial charge on any atom is -0.508 e. The summed E-state index contributed by atoms with van der Waals surface area (Å²) in [5, 5.41) is 9.67. The first kappa shape index (κ1) is 17.9. The summed E-state index contributed by atoms with van der Waals surface area (Å²) in [6, 6.07) is 9.54. The lowest BCUT2D eigenvalue weighted by Gasteiger charge is -2.15. The lowest BCUT2D eigenvalue weighted by atomic mass is 10.1. The summed E-state index contributed by atoms with van der Waals surface area (Å²) < 4.78 is 11.0. The summed E-state index contributed by atoms with van der Waals surface area (Å²) in [5.41, 5.74) is 1.21. The van der Waals surface area contributed by atoms with E-state index in [1.54, 1.807) is 30.3 Å². The molecular formula is C19H19ClO4. The van der Waals surface area contributed by atoms with Crippen LogP contribution in [0.25, 0.3) is 6.08 Å². The summed E-state index contributed by atoms with van der Waals surface area (Å²) in [6.07, 6.45) is 3.07. The number of ketones is 1. The molecule has 2 aromatic carbocycles. The fraction of sp³-hybridized carbons (Fsp3) is 0.211. The zero-order valence-electron chi connectivity index (χ0n) is 13.7. The fourth-order valence-electron chi connectivity index (χ4n) is 2.08. The molecule has 0 atom stereocenters. The van der Waals surface area contributed by atoms with Gasteiger partial charge in [-0.25, -0.2) is 0 Å². The van der Waals surface area contributed by atoms with Crippen molar-refractivity contribution in [2.45, 2.75) is 20.0 Å². The molecule has 2 aromatic rings. The first-order valence-electron chi connectivity index (χ1n) is 7.46. The van der Waals surface area contributed by atoms with Crippen LogP contribution < -0.4 is 9.47 Å². The number of hydrogen-bond acceptors (Lipinski definition) is 4. The van der Waals surface area contributed by atoms with Gasteiger partial charge >= 0.3 is 0 Å². The second kappa shape index (κ2) is 7.88. The molecule has 0 saturated carbocycles. The van der Waals surface area contributed by atoms with Crippen LogP contribution in [0.4, 0.5) is 0 Å². The average molecular weight is 347 g/mol. The number of allylic oxidation sites excluding steroid dienone is 1. The van der Waals surface area contributed by atoms with Crippen molar-refractivity contribution in [3.63, 3.8) is 0 Å². The lowest BCUT2D eigenvalue weighted by molar-refractivity contribution is 0.104. The summed E-state index contributed by atoms with van der Waals surface area (Å²) >= 11 is 6.26. The summed E-state index contributed by atoms with van der Waals surface area (Å²) in [7, 11) is 1.54. The summed E-state index contributed by atoms with van der Waals surface area (Å²) in [5.74, 6) is 0.935. The van der Waals surface area contributed by atoms with Crippen LogP contribution in [0.15, 0.2) is 42.5 Å². The second-order valence-corrected chi connectivity index (χ2v) is 5.85. The number of methoxy groups -OCH3 is 1. The van der Waals surface area contributed by atoms with Crippen molar-refractivity contribution in [2.75, 3.05) is 7.11 Å². The first-order chi connectivity index (χ1) is 11.4. The minimum absolute atomic E-state index is 0.0335. The van der Waals surface area contributed by atoms with E-state index in [0.717, 1.165) is 5.56 Å². The number of hydrogen-bond donors (Lipinski definition) is 1. The predicted octanol–water partition coefficient (Wildman–Crippen LogP) is 4.74. The van der Waals surface area contributed by atoms with E-state index in [-0.39, 0.29) is 17.6 Å². The SMILES string of the molecule is COc1cc(/C=C/C(=O)c2ccc(O)cc2)cc(Cl)c1OC(C)C. The quantitative estimate of drug-likeness (QED) is 0.606. The number of rotatable bonds is 6. The van der Waals surface area contributed by atoms with Gasteiger partial charge in [0.25, 0.3) is 0 Å². The first-order valence-corrected chi connectivity index (χ1v) is 7.84. The molecule has 1 N–H and O–H groups in total. The topological polar surface area (TPSA) is 55.8 Å². The van der Waals surface area contributed by atoms with Gasteiger partial charge in [-0.2, -0.15) is 0 Å². The van der Waals surface area contributed by atoms with Crippen molar-refractivity contribution in [1.82, 2.24) is 0 Å². The Balaban J connectivity index is 2.24. The molecule has 0 spiro atoms. The van der Waals surface area contributed by atoms with Crippen LogP contribution in [-0.2, 0) is 0 Å². The Hall–Kier alpha value is -2.46. The van der Waals surface area contributed by atoms with Gasteiger partial charge in [0.2, 0.25) is 0 Å². The Bertz CT molecular complexity index is 749. The molecule has 0 fully saturated rings. The third-order valence-electron chi connectivity index (χ3n) is 3.18. The number of aromatic hydroxyl groups is 1. The molecule has 0 unspecified atom stereocenters. The molecule has 2 rings (SSSR count). The molecule has 0 aliphatic heterocycles. The van der Waals surface area contributed by atoms with Gasteiger partial charge < -0.3 is 14.6 Å². The van der Waals surface area contributed by atoms with E-state index in [2.05, 4.69) is 0 Å². The highest BCUT2D eigenvalue weighted by molar-refractivity contribution is 6.32. The van der Waals surface area contributed by atoms with Crippen molar-refractivity contribution in [1.29, 1.82) is 0 Å². The molecule has 126 valence electrons. The van der Waals surface area contributed by atoms with E-state index >= 15 is 0 Å². The zero-order chi connectivity index (χ0) is 17.7. The van der Waals surface area contributed by atoms with Gasteiger partial charge in [-0.1, -0.05) is 17.7 Å². The standard InChI is InChI=1S/C19H19ClO4/c1-12(2)24-19-16(20)10-13(11-18(19)23-3)4-9-17(22)14-5-7-15(21)8-6-14/h4-12,21H,1-3H3/b9-4+. The van der Waals surface area contributed by atoms with Crippen LogP contribution >= 0.6 is 11.6 Å². The van der Waals surface area contributed by atoms with Gasteiger partial charge in [-0.15, -0.1) is 0 Å². The largest absolute Gasteiger partial charge is 0.508 e. The van der Waals surface area contributed by atoms with Crippen molar-refractivity contribution in [3.05, 3.63) is 58.6 Å². The predicted molar refractivity (Wildman–Crippen MR) is 95.2 cm³/mol. The highest BCUT2D eigenvalue weighted by Crippen LogP contribution is 2.37. The third kappa shape index (κ3) is 4.52. The van der Waals surface area contributed by atoms with E-state index in [0.29, 0.717) is 22.1 Å². The number of ether oxygens (including phenoxy) is 2. The van der Waals surface area contributed by atoms with Gasteiger partial charge in [-0.3, -0.25) is 4.79 Å². The third-order valence-corrected chi connectivity index (χ3v) is 3.47. The Morgan fingerprint density at radius 3 is 2.46 bits per heavy atom. The Kier molecular flexibility index (Phi) is 5.88. The Morgan fingerprint density at radius 2 is 1.88 bits per heavy atom. The molecule has 4 nitrogen and oxygen atoms in total. The van der Waals surface area contributed by atoms with Crippen molar-refractivity contribution in [3.8, 4) is 17.2 Å². The van der Waals surface area contributed by atoms with Crippen LogP contribution in [0.5, 0.6) is 17.2 Å². The molecular weight excluding hydrogens is 328 g/mol. The van der Waals surface area contributed by atoms with Crippen LogP contribution in [0.3, 0.4) is 0 Å². The van der Waals surface area contributed by atoms with E-state index < -0.39 is 0 Å². The molecule has 0 amide bonds. The maximum Gasteiger partial charge on any atom is 0.185 e. The number of carbonyl (C=O) groups is 1. The Labute approximate surface area is 146 Å². The number of phenols is 1. The second-order valence-electron chi connectivity index (χ2n) is 5.45. The zero-order valence-corrected chi connectivity index (χ0v) is 14.5. The van der Waals surface area contributed by atoms with E-state index in [1.807, 2.05) is 13.8 Å². The number of benzene rings is 2. The molecule has 5 heteroatoms. The minimum atomic E-state index is -0.174. The maximum atomic E-state index is 12.1. The highest BCUT2D eigenvalue weighted by atomic mass is 35.5. The van der Waals surface area contributed by atoms with E-state index in [1.165, 1.54) is 25.3 Å². The van der Waals surface area contributed by atoms with Gasteiger partial charge in [0.15, 0.2) is 17.3 Å². The van der Waals surface area contributed by atoms with E-state index in [4.69, 9.17) is 21.1 Å². The monoisotopic (exact) mass is 346 g/mol. The van der Waals surface area contributed by atoms with Gasteiger partial charge in [0.05, 0.1) is 18.2 Å². The van der Waals surface area contributed by atoms with Gasteiger partial charge in [0, 0.05) is 5.56 Å². The molecule has 0 heterocycles. The molecule has 0 saturated heterocycles. The fourth-order valence-corrected chi connectivity index (χ4v) is 2.34. The average Bonchev–Trinajstić information content (AvgIpc) is 2.55.